The van der Waals surface area contributed by atoms with E-state index in [1.54, 1.807) is 7.11 Å². The quantitative estimate of drug-likeness (QED) is 0.683. The summed E-state index contributed by atoms with van der Waals surface area (Å²) in [5, 5.41) is 6.33. The highest BCUT2D eigenvalue weighted by atomic mass is 16.6. The minimum Gasteiger partial charge on any atom is -0.493 e. The second-order valence-corrected chi connectivity index (χ2v) is 7.82. The molecule has 162 valence electrons. The van der Waals surface area contributed by atoms with Crippen molar-refractivity contribution in [3.63, 3.8) is 0 Å². The fraction of sp³-hybridized carbons (Fsp3) is 0.545. The number of likely N-dealkylation sites (tertiary alicyclic amines) is 1. The van der Waals surface area contributed by atoms with Crippen LogP contribution in [0.3, 0.4) is 0 Å². The average molecular weight is 414 g/mol. The first-order valence-electron chi connectivity index (χ1n) is 10.6. The second kappa shape index (κ2) is 9.49. The van der Waals surface area contributed by atoms with Crippen molar-refractivity contribution in [2.45, 2.75) is 38.4 Å². The van der Waals surface area contributed by atoms with Crippen molar-refractivity contribution in [2.24, 2.45) is 0 Å². The van der Waals surface area contributed by atoms with E-state index >= 15 is 0 Å². The molecule has 2 aliphatic rings. The van der Waals surface area contributed by atoms with Crippen molar-refractivity contribution in [2.75, 3.05) is 51.0 Å². The monoisotopic (exact) mass is 413 g/mol. The Morgan fingerprint density at radius 2 is 2.03 bits per heavy atom. The van der Waals surface area contributed by atoms with E-state index in [9.17, 15) is 0 Å². The van der Waals surface area contributed by atoms with Gasteiger partial charge in [-0.2, -0.15) is 4.98 Å². The van der Waals surface area contributed by atoms with Crippen molar-refractivity contribution in [3.05, 3.63) is 30.0 Å². The van der Waals surface area contributed by atoms with E-state index in [4.69, 9.17) is 14.2 Å². The number of nitrogens with one attached hydrogen (secondary N) is 2. The van der Waals surface area contributed by atoms with Gasteiger partial charge in [0.15, 0.2) is 11.5 Å². The fourth-order valence-electron chi connectivity index (χ4n) is 3.83. The Bertz CT molecular complexity index is 859. The standard InChI is InChI=1S/C22H31N5O3/c1-15-12-21(23-2)26-22(24-15)25-16-7-8-17(28-3)19(13-16)30-18-6-4-11-29-20(18)14-27-9-5-10-27/h7-8,12-13,18,20H,4-6,9-11,14H2,1-3H3,(H2,23,24,25,26)/t18-,20+/m1/s1. The van der Waals surface area contributed by atoms with E-state index < -0.39 is 0 Å². The molecule has 2 aliphatic heterocycles. The summed E-state index contributed by atoms with van der Waals surface area (Å²) >= 11 is 0. The van der Waals surface area contributed by atoms with E-state index in [-0.39, 0.29) is 12.2 Å². The van der Waals surface area contributed by atoms with Crippen LogP contribution in [0.4, 0.5) is 17.5 Å². The highest BCUT2D eigenvalue weighted by molar-refractivity contribution is 5.60. The third-order valence-electron chi connectivity index (χ3n) is 5.57. The molecular weight excluding hydrogens is 382 g/mol. The lowest BCUT2D eigenvalue weighted by atomic mass is 10.0. The second-order valence-electron chi connectivity index (χ2n) is 7.82. The van der Waals surface area contributed by atoms with Crippen LogP contribution in [0, 0.1) is 6.92 Å². The lowest BCUT2D eigenvalue weighted by Gasteiger charge is -2.39. The summed E-state index contributed by atoms with van der Waals surface area (Å²) in [6, 6.07) is 7.68. The highest BCUT2D eigenvalue weighted by Crippen LogP contribution is 2.34. The van der Waals surface area contributed by atoms with Gasteiger partial charge in [-0.25, -0.2) is 4.98 Å². The summed E-state index contributed by atoms with van der Waals surface area (Å²) < 4.78 is 18.0. The summed E-state index contributed by atoms with van der Waals surface area (Å²) in [7, 11) is 3.50. The van der Waals surface area contributed by atoms with Gasteiger partial charge in [0.25, 0.3) is 0 Å². The molecule has 0 saturated carbocycles. The van der Waals surface area contributed by atoms with Gasteiger partial charge in [0.05, 0.1) is 7.11 Å². The number of anilines is 3. The molecule has 8 heteroatoms. The average Bonchev–Trinajstić information content (AvgIpc) is 2.71. The number of ether oxygens (including phenoxy) is 3. The Hall–Kier alpha value is -2.58. The van der Waals surface area contributed by atoms with E-state index in [2.05, 4.69) is 25.5 Å². The van der Waals surface area contributed by atoms with Crippen LogP contribution < -0.4 is 20.1 Å². The van der Waals surface area contributed by atoms with Crippen molar-refractivity contribution < 1.29 is 14.2 Å². The number of aryl methyl sites for hydroxylation is 1. The molecule has 2 atom stereocenters. The predicted octanol–water partition coefficient (Wildman–Crippen LogP) is 3.21. The van der Waals surface area contributed by atoms with E-state index in [1.807, 2.05) is 38.2 Å². The van der Waals surface area contributed by atoms with E-state index in [1.165, 1.54) is 6.42 Å². The van der Waals surface area contributed by atoms with Crippen LogP contribution >= 0.6 is 0 Å². The maximum absolute atomic E-state index is 6.44. The number of rotatable bonds is 8. The van der Waals surface area contributed by atoms with Crippen LogP contribution in [0.5, 0.6) is 11.5 Å². The Balaban J connectivity index is 1.51. The minimum absolute atomic E-state index is 0.00890. The van der Waals surface area contributed by atoms with Gasteiger partial charge < -0.3 is 29.7 Å². The van der Waals surface area contributed by atoms with E-state index in [0.717, 1.165) is 56.3 Å². The molecule has 1 aromatic carbocycles. The van der Waals surface area contributed by atoms with Crippen LogP contribution in [0.1, 0.15) is 25.0 Å². The first kappa shape index (κ1) is 20.7. The molecule has 4 rings (SSSR count). The molecule has 2 aromatic rings. The molecule has 30 heavy (non-hydrogen) atoms. The zero-order valence-electron chi connectivity index (χ0n) is 18.0. The molecule has 8 nitrogen and oxygen atoms in total. The number of nitrogens with zero attached hydrogens (tertiary/aromatic N) is 3. The zero-order chi connectivity index (χ0) is 20.9. The van der Waals surface area contributed by atoms with Gasteiger partial charge in [0.1, 0.15) is 18.0 Å². The van der Waals surface area contributed by atoms with Gasteiger partial charge in [-0.3, -0.25) is 0 Å². The SMILES string of the molecule is CNc1cc(C)nc(Nc2ccc(OC)c(O[C@@H]3CCCO[C@H]3CN3CCC3)c2)n1. The molecule has 0 amide bonds. The Kier molecular flexibility index (Phi) is 6.54. The number of methoxy groups -OCH3 is 1. The van der Waals surface area contributed by atoms with Gasteiger partial charge in [0.2, 0.25) is 5.95 Å². The van der Waals surface area contributed by atoms with Crippen LogP contribution in [-0.4, -0.2) is 67.5 Å². The Morgan fingerprint density at radius 1 is 1.17 bits per heavy atom. The largest absolute Gasteiger partial charge is 0.493 e. The molecule has 2 fully saturated rings. The minimum atomic E-state index is 0.00890. The molecule has 3 heterocycles. The van der Waals surface area contributed by atoms with Crippen LogP contribution in [0.25, 0.3) is 0 Å². The van der Waals surface area contributed by atoms with Crippen LogP contribution in [-0.2, 0) is 4.74 Å². The van der Waals surface area contributed by atoms with Crippen LogP contribution in [0.2, 0.25) is 0 Å². The van der Waals surface area contributed by atoms with Crippen molar-refractivity contribution >= 4 is 17.5 Å². The first-order valence-corrected chi connectivity index (χ1v) is 10.6. The summed E-state index contributed by atoms with van der Waals surface area (Å²) in [5.41, 5.74) is 1.73. The number of hydrogen-bond acceptors (Lipinski definition) is 8. The third-order valence-corrected chi connectivity index (χ3v) is 5.57. The maximum Gasteiger partial charge on any atom is 0.229 e. The molecule has 0 aliphatic carbocycles. The van der Waals surface area contributed by atoms with Crippen molar-refractivity contribution in [1.82, 2.24) is 14.9 Å². The summed E-state index contributed by atoms with van der Waals surface area (Å²) in [6.07, 6.45) is 3.35. The van der Waals surface area contributed by atoms with Gasteiger partial charge in [-0.05, 0) is 51.4 Å². The lowest BCUT2D eigenvalue weighted by molar-refractivity contribution is -0.0820. The number of hydrogen-bond donors (Lipinski definition) is 2. The third kappa shape index (κ3) is 4.94. The first-order chi connectivity index (χ1) is 14.6. The summed E-state index contributed by atoms with van der Waals surface area (Å²) in [5.74, 6) is 2.71. The van der Waals surface area contributed by atoms with Crippen molar-refractivity contribution in [1.29, 1.82) is 0 Å². The summed E-state index contributed by atoms with van der Waals surface area (Å²) in [6.45, 7) is 5.98. The van der Waals surface area contributed by atoms with Gasteiger partial charge >= 0.3 is 0 Å². The molecule has 0 unspecified atom stereocenters. The summed E-state index contributed by atoms with van der Waals surface area (Å²) in [4.78, 5) is 11.4. The Labute approximate surface area is 177 Å². The highest BCUT2D eigenvalue weighted by Gasteiger charge is 2.31. The van der Waals surface area contributed by atoms with Crippen molar-refractivity contribution in [3.8, 4) is 11.5 Å². The van der Waals surface area contributed by atoms with Gasteiger partial charge in [-0.1, -0.05) is 0 Å². The molecule has 1 aromatic heterocycles. The molecular formula is C22H31N5O3. The topological polar surface area (TPSA) is 80.8 Å². The predicted molar refractivity (Wildman–Crippen MR) is 117 cm³/mol. The normalized spacial score (nSPS) is 21.6. The fourth-order valence-corrected chi connectivity index (χ4v) is 3.83. The van der Waals surface area contributed by atoms with Crippen LogP contribution in [0.15, 0.2) is 24.3 Å². The van der Waals surface area contributed by atoms with Gasteiger partial charge in [0, 0.05) is 43.7 Å². The molecule has 0 radical (unpaired) electrons. The number of benzene rings is 1. The lowest BCUT2D eigenvalue weighted by Crippen LogP contribution is -2.50. The molecule has 2 saturated heterocycles. The zero-order valence-corrected chi connectivity index (χ0v) is 18.0. The Morgan fingerprint density at radius 3 is 2.77 bits per heavy atom. The molecule has 0 bridgehead atoms. The molecule has 0 spiro atoms. The smallest absolute Gasteiger partial charge is 0.229 e. The maximum atomic E-state index is 6.44. The molecule has 2 N–H and O–H groups in total. The van der Waals surface area contributed by atoms with E-state index in [0.29, 0.717) is 17.4 Å². The number of aromatic nitrogens is 2. The van der Waals surface area contributed by atoms with Gasteiger partial charge in [-0.15, -0.1) is 0 Å².